The summed E-state index contributed by atoms with van der Waals surface area (Å²) in [6.07, 6.45) is -1.26. The number of methoxy groups -OCH3 is 1. The molecule has 0 saturated carbocycles. The van der Waals surface area contributed by atoms with Gasteiger partial charge in [0.15, 0.2) is 0 Å². The first-order valence-corrected chi connectivity index (χ1v) is 3.13. The molecule has 11 heavy (non-hydrogen) atoms. The van der Waals surface area contributed by atoms with E-state index < -0.39 is 12.1 Å². The van der Waals surface area contributed by atoms with Crippen LogP contribution < -0.4 is 0 Å². The van der Waals surface area contributed by atoms with Gasteiger partial charge < -0.3 is 19.7 Å². The van der Waals surface area contributed by atoms with Crippen molar-refractivity contribution in [3.8, 4) is 0 Å². The van der Waals surface area contributed by atoms with Gasteiger partial charge in [0.1, 0.15) is 6.79 Å². The second kappa shape index (κ2) is 6.09. The third kappa shape index (κ3) is 7.24. The van der Waals surface area contributed by atoms with Gasteiger partial charge in [-0.2, -0.15) is 0 Å². The Balaban J connectivity index is 3.22. The van der Waals surface area contributed by atoms with Crippen LogP contribution in [0.15, 0.2) is 0 Å². The van der Waals surface area contributed by atoms with Gasteiger partial charge in [0.2, 0.25) is 0 Å². The van der Waals surface area contributed by atoms with Crippen LogP contribution in [0.1, 0.15) is 6.42 Å². The molecule has 0 fully saturated rings. The Bertz CT molecular complexity index is 114. The smallest absolute Gasteiger partial charge is 0.306 e. The summed E-state index contributed by atoms with van der Waals surface area (Å²) >= 11 is 0. The summed E-state index contributed by atoms with van der Waals surface area (Å²) in [5.41, 5.74) is 0. The first kappa shape index (κ1) is 10.3. The molecular weight excluding hydrogens is 152 g/mol. The molecule has 5 heteroatoms. The van der Waals surface area contributed by atoms with Crippen LogP contribution >= 0.6 is 0 Å². The lowest BCUT2D eigenvalue weighted by Crippen LogP contribution is -2.19. The van der Waals surface area contributed by atoms with Crippen LogP contribution in [0, 0.1) is 0 Å². The molecule has 0 bridgehead atoms. The summed E-state index contributed by atoms with van der Waals surface area (Å²) in [6.45, 7) is 0.0524. The Labute approximate surface area is 64.5 Å². The maximum Gasteiger partial charge on any atom is 0.306 e. The van der Waals surface area contributed by atoms with Crippen molar-refractivity contribution in [1.82, 2.24) is 0 Å². The lowest BCUT2D eigenvalue weighted by Gasteiger charge is -2.07. The Morgan fingerprint density at radius 2 is 2.27 bits per heavy atom. The summed E-state index contributed by atoms with van der Waals surface area (Å²) in [4.78, 5) is 10.00. The molecule has 0 aliphatic rings. The molecule has 0 rings (SSSR count). The molecule has 0 amide bonds. The largest absolute Gasteiger partial charge is 0.481 e. The first-order valence-electron chi connectivity index (χ1n) is 3.13. The number of carboxylic acids is 1. The predicted molar refractivity (Wildman–Crippen MR) is 36.1 cm³/mol. The normalized spacial score (nSPS) is 12.9. The Morgan fingerprint density at radius 1 is 1.64 bits per heavy atom. The molecular formula is C6H12O5. The fourth-order valence-corrected chi connectivity index (χ4v) is 0.528. The molecule has 0 aliphatic carbocycles. The van der Waals surface area contributed by atoms with Crippen LogP contribution in [-0.2, 0) is 14.3 Å². The molecule has 5 nitrogen and oxygen atoms in total. The van der Waals surface area contributed by atoms with Crippen molar-refractivity contribution >= 4 is 5.97 Å². The van der Waals surface area contributed by atoms with E-state index in [1.807, 2.05) is 0 Å². The SMILES string of the molecule is COCOC[C@@H](O)CC(=O)O. The molecule has 0 radical (unpaired) electrons. The number of ether oxygens (including phenoxy) is 2. The van der Waals surface area contributed by atoms with E-state index in [9.17, 15) is 4.79 Å². The van der Waals surface area contributed by atoms with Gasteiger partial charge in [0.05, 0.1) is 19.1 Å². The van der Waals surface area contributed by atoms with Crippen LogP contribution in [0.3, 0.4) is 0 Å². The van der Waals surface area contributed by atoms with E-state index in [0.29, 0.717) is 0 Å². The highest BCUT2D eigenvalue weighted by Crippen LogP contribution is 1.92. The van der Waals surface area contributed by atoms with Gasteiger partial charge in [-0.15, -0.1) is 0 Å². The van der Waals surface area contributed by atoms with E-state index in [4.69, 9.17) is 14.9 Å². The molecule has 0 aromatic heterocycles. The van der Waals surface area contributed by atoms with Crippen molar-refractivity contribution in [1.29, 1.82) is 0 Å². The molecule has 0 aliphatic heterocycles. The number of aliphatic carboxylic acids is 1. The maximum atomic E-state index is 10.00. The average molecular weight is 164 g/mol. The van der Waals surface area contributed by atoms with Crippen LogP contribution in [0.5, 0.6) is 0 Å². The standard InChI is InChI=1S/C6H12O5/c1-10-4-11-3-5(7)2-6(8)9/h5,7H,2-4H2,1H3,(H,8,9)/t5-/m0/s1. The molecule has 0 heterocycles. The second-order valence-corrected chi connectivity index (χ2v) is 2.03. The van der Waals surface area contributed by atoms with Crippen molar-refractivity contribution < 1.29 is 24.5 Å². The number of hydrogen-bond acceptors (Lipinski definition) is 4. The number of hydrogen-bond donors (Lipinski definition) is 2. The summed E-state index contributed by atoms with van der Waals surface area (Å²) in [6, 6.07) is 0. The zero-order valence-corrected chi connectivity index (χ0v) is 6.32. The van der Waals surface area contributed by atoms with Crippen LogP contribution in [0.2, 0.25) is 0 Å². The van der Waals surface area contributed by atoms with Crippen molar-refractivity contribution in [2.45, 2.75) is 12.5 Å². The minimum absolute atomic E-state index is 0.0137. The zero-order chi connectivity index (χ0) is 8.69. The molecule has 1 atom stereocenters. The molecule has 0 unspecified atom stereocenters. The fourth-order valence-electron chi connectivity index (χ4n) is 0.528. The van der Waals surface area contributed by atoms with Gasteiger partial charge >= 0.3 is 5.97 Å². The van der Waals surface area contributed by atoms with Crippen molar-refractivity contribution in [2.24, 2.45) is 0 Å². The first-order chi connectivity index (χ1) is 5.16. The molecule has 0 aromatic carbocycles. The highest BCUT2D eigenvalue weighted by molar-refractivity contribution is 5.67. The highest BCUT2D eigenvalue weighted by Gasteiger charge is 2.08. The minimum Gasteiger partial charge on any atom is -0.481 e. The minimum atomic E-state index is -1.04. The van der Waals surface area contributed by atoms with Gasteiger partial charge in [-0.1, -0.05) is 0 Å². The molecule has 66 valence electrons. The molecule has 0 aromatic rings. The quantitative estimate of drug-likeness (QED) is 0.406. The Hall–Kier alpha value is -0.650. The van der Waals surface area contributed by atoms with Crippen molar-refractivity contribution in [3.05, 3.63) is 0 Å². The van der Waals surface area contributed by atoms with Crippen LogP contribution in [0.4, 0.5) is 0 Å². The summed E-state index contributed by atoms with van der Waals surface area (Å²) in [5, 5.41) is 17.1. The van der Waals surface area contributed by atoms with Crippen LogP contribution in [-0.4, -0.2) is 42.8 Å². The Morgan fingerprint density at radius 3 is 2.73 bits per heavy atom. The van der Waals surface area contributed by atoms with Crippen molar-refractivity contribution in [3.63, 3.8) is 0 Å². The van der Waals surface area contributed by atoms with E-state index in [-0.39, 0.29) is 19.8 Å². The van der Waals surface area contributed by atoms with Crippen molar-refractivity contribution in [2.75, 3.05) is 20.5 Å². The lowest BCUT2D eigenvalue weighted by molar-refractivity contribution is -0.141. The second-order valence-electron chi connectivity index (χ2n) is 2.03. The summed E-state index contributed by atoms with van der Waals surface area (Å²) in [5.74, 6) is -1.04. The van der Waals surface area contributed by atoms with E-state index in [1.54, 1.807) is 0 Å². The number of aliphatic hydroxyl groups excluding tert-OH is 1. The van der Waals surface area contributed by atoms with Gasteiger partial charge in [0.25, 0.3) is 0 Å². The number of aliphatic hydroxyl groups is 1. The number of carbonyl (C=O) groups is 1. The third-order valence-corrected chi connectivity index (χ3v) is 0.922. The summed E-state index contributed by atoms with van der Waals surface area (Å²) < 4.78 is 9.23. The number of rotatable bonds is 6. The van der Waals surface area contributed by atoms with E-state index >= 15 is 0 Å². The molecule has 0 saturated heterocycles. The number of carboxylic acid groups (broad SMARTS) is 1. The average Bonchev–Trinajstić information content (AvgIpc) is 1.86. The zero-order valence-electron chi connectivity index (χ0n) is 6.32. The van der Waals surface area contributed by atoms with Gasteiger partial charge in [-0.25, -0.2) is 0 Å². The molecule has 2 N–H and O–H groups in total. The van der Waals surface area contributed by atoms with E-state index in [2.05, 4.69) is 4.74 Å². The topological polar surface area (TPSA) is 76.0 Å². The lowest BCUT2D eigenvalue weighted by atomic mass is 10.3. The van der Waals surface area contributed by atoms with Gasteiger partial charge in [-0.05, 0) is 0 Å². The Kier molecular flexibility index (Phi) is 5.73. The molecule has 0 spiro atoms. The van der Waals surface area contributed by atoms with Crippen LogP contribution in [0.25, 0.3) is 0 Å². The van der Waals surface area contributed by atoms with Gasteiger partial charge in [-0.3, -0.25) is 4.79 Å². The third-order valence-electron chi connectivity index (χ3n) is 0.922. The maximum absolute atomic E-state index is 10.00. The van der Waals surface area contributed by atoms with E-state index in [0.717, 1.165) is 0 Å². The highest BCUT2D eigenvalue weighted by atomic mass is 16.7. The fraction of sp³-hybridized carbons (Fsp3) is 0.833. The predicted octanol–water partition coefficient (Wildman–Crippen LogP) is -0.558. The van der Waals surface area contributed by atoms with Gasteiger partial charge in [0, 0.05) is 7.11 Å². The summed E-state index contributed by atoms with van der Waals surface area (Å²) in [7, 11) is 1.45. The monoisotopic (exact) mass is 164 g/mol. The van der Waals surface area contributed by atoms with E-state index in [1.165, 1.54) is 7.11 Å².